The summed E-state index contributed by atoms with van der Waals surface area (Å²) in [6.07, 6.45) is 1.96. The Kier molecular flexibility index (Phi) is 4.25. The minimum absolute atomic E-state index is 0.700. The zero-order chi connectivity index (χ0) is 19.8. The van der Waals surface area contributed by atoms with Gasteiger partial charge in [-0.2, -0.15) is 0 Å². The predicted octanol–water partition coefficient (Wildman–Crippen LogP) is 6.83. The summed E-state index contributed by atoms with van der Waals surface area (Å²) in [7, 11) is 0. The Morgan fingerprint density at radius 1 is 0.724 bits per heavy atom. The molecule has 0 spiro atoms. The van der Waals surface area contributed by atoms with E-state index in [2.05, 4.69) is 78.2 Å². The first kappa shape index (κ1) is 17.4. The third-order valence-electron chi connectivity index (χ3n) is 5.65. The smallest absolute Gasteiger partial charge is 0.150 e. The summed E-state index contributed by atoms with van der Waals surface area (Å²) in [5, 5.41) is 2.26. The van der Waals surface area contributed by atoms with Gasteiger partial charge in [-0.1, -0.05) is 61.5 Å². The standard InChI is InChI=1S/C27H21NO/c1-2-19-7-10-21(11-8-19)22-12-14-23(15-13-22)28-26-6-4-3-5-24(26)25-17-20(18-29)9-16-27(25)28/h3-18H,2H2,1H3. The van der Waals surface area contributed by atoms with Gasteiger partial charge in [0.1, 0.15) is 6.29 Å². The zero-order valence-corrected chi connectivity index (χ0v) is 16.3. The first-order valence-corrected chi connectivity index (χ1v) is 9.96. The lowest BCUT2D eigenvalue weighted by molar-refractivity contribution is 0.112. The minimum atomic E-state index is 0.700. The highest BCUT2D eigenvalue weighted by Crippen LogP contribution is 2.33. The molecule has 29 heavy (non-hydrogen) atoms. The van der Waals surface area contributed by atoms with Gasteiger partial charge in [0.25, 0.3) is 0 Å². The number of carbonyl (C=O) groups excluding carboxylic acids is 1. The molecule has 0 saturated carbocycles. The Morgan fingerprint density at radius 3 is 2.07 bits per heavy atom. The van der Waals surface area contributed by atoms with Crippen molar-refractivity contribution in [3.05, 3.63) is 102 Å². The van der Waals surface area contributed by atoms with Crippen LogP contribution in [0, 0.1) is 0 Å². The van der Waals surface area contributed by atoms with Crippen LogP contribution in [0.15, 0.2) is 91.0 Å². The van der Waals surface area contributed by atoms with Crippen molar-refractivity contribution in [2.75, 3.05) is 0 Å². The molecule has 0 aliphatic heterocycles. The monoisotopic (exact) mass is 375 g/mol. The van der Waals surface area contributed by atoms with Crippen LogP contribution in [0.3, 0.4) is 0 Å². The fourth-order valence-electron chi connectivity index (χ4n) is 4.08. The lowest BCUT2D eigenvalue weighted by Crippen LogP contribution is -1.94. The fraction of sp³-hybridized carbons (Fsp3) is 0.0741. The molecule has 0 aliphatic carbocycles. The number of carbonyl (C=O) groups is 1. The largest absolute Gasteiger partial charge is 0.309 e. The van der Waals surface area contributed by atoms with E-state index < -0.39 is 0 Å². The van der Waals surface area contributed by atoms with Gasteiger partial charge in [-0.3, -0.25) is 4.79 Å². The van der Waals surface area contributed by atoms with Crippen LogP contribution in [0.1, 0.15) is 22.8 Å². The van der Waals surface area contributed by atoms with Crippen molar-refractivity contribution in [2.45, 2.75) is 13.3 Å². The Morgan fingerprint density at radius 2 is 1.38 bits per heavy atom. The molecule has 0 radical (unpaired) electrons. The summed E-state index contributed by atoms with van der Waals surface area (Å²) in [6, 6.07) is 31.7. The molecular weight excluding hydrogens is 354 g/mol. The highest BCUT2D eigenvalue weighted by molar-refractivity contribution is 6.10. The van der Waals surface area contributed by atoms with E-state index >= 15 is 0 Å². The van der Waals surface area contributed by atoms with Crippen LogP contribution in [0.25, 0.3) is 38.6 Å². The number of aromatic nitrogens is 1. The molecule has 2 nitrogen and oxygen atoms in total. The molecule has 2 heteroatoms. The molecule has 5 rings (SSSR count). The van der Waals surface area contributed by atoms with Crippen molar-refractivity contribution >= 4 is 28.1 Å². The third-order valence-corrected chi connectivity index (χ3v) is 5.65. The second-order valence-electron chi connectivity index (χ2n) is 7.34. The summed E-state index contributed by atoms with van der Waals surface area (Å²) in [5.74, 6) is 0. The highest BCUT2D eigenvalue weighted by atomic mass is 16.1. The maximum atomic E-state index is 11.3. The molecule has 4 aromatic carbocycles. The number of aryl methyl sites for hydroxylation is 1. The average Bonchev–Trinajstić information content (AvgIpc) is 3.13. The van der Waals surface area contributed by atoms with Gasteiger partial charge in [0.05, 0.1) is 11.0 Å². The van der Waals surface area contributed by atoms with E-state index in [9.17, 15) is 4.79 Å². The predicted molar refractivity (Wildman–Crippen MR) is 121 cm³/mol. The van der Waals surface area contributed by atoms with Crippen molar-refractivity contribution < 1.29 is 4.79 Å². The molecule has 0 saturated heterocycles. The van der Waals surface area contributed by atoms with Gasteiger partial charge in [0.2, 0.25) is 0 Å². The van der Waals surface area contributed by atoms with Gasteiger partial charge in [-0.05, 0) is 59.5 Å². The zero-order valence-electron chi connectivity index (χ0n) is 16.3. The quantitative estimate of drug-likeness (QED) is 0.316. The van der Waals surface area contributed by atoms with Crippen LogP contribution in [-0.4, -0.2) is 10.9 Å². The highest BCUT2D eigenvalue weighted by Gasteiger charge is 2.12. The Labute approximate surface area is 170 Å². The van der Waals surface area contributed by atoms with Crippen LogP contribution >= 0.6 is 0 Å². The van der Waals surface area contributed by atoms with Gasteiger partial charge >= 0.3 is 0 Å². The molecule has 0 unspecified atom stereocenters. The fourth-order valence-corrected chi connectivity index (χ4v) is 4.08. The number of para-hydroxylation sites is 1. The normalized spacial score (nSPS) is 11.2. The second-order valence-corrected chi connectivity index (χ2v) is 7.34. The van der Waals surface area contributed by atoms with Gasteiger partial charge < -0.3 is 4.57 Å². The maximum absolute atomic E-state index is 11.3. The first-order chi connectivity index (χ1) is 14.3. The molecule has 0 amide bonds. The van der Waals surface area contributed by atoms with E-state index in [1.165, 1.54) is 16.7 Å². The SMILES string of the molecule is CCc1ccc(-c2ccc(-n3c4ccccc4c4cc(C=O)ccc43)cc2)cc1. The van der Waals surface area contributed by atoms with Crippen molar-refractivity contribution in [2.24, 2.45) is 0 Å². The summed E-state index contributed by atoms with van der Waals surface area (Å²) >= 11 is 0. The van der Waals surface area contributed by atoms with Crippen molar-refractivity contribution in [3.8, 4) is 16.8 Å². The maximum Gasteiger partial charge on any atom is 0.150 e. The van der Waals surface area contributed by atoms with E-state index in [0.29, 0.717) is 5.56 Å². The molecule has 0 aliphatic rings. The Balaban J connectivity index is 1.65. The molecular formula is C27H21NO. The minimum Gasteiger partial charge on any atom is -0.309 e. The Bertz CT molecular complexity index is 1330. The van der Waals surface area contributed by atoms with Crippen LogP contribution in [0.2, 0.25) is 0 Å². The third kappa shape index (κ3) is 2.94. The van der Waals surface area contributed by atoms with E-state index in [-0.39, 0.29) is 0 Å². The van der Waals surface area contributed by atoms with Gasteiger partial charge in [0.15, 0.2) is 0 Å². The van der Waals surface area contributed by atoms with Crippen molar-refractivity contribution in [3.63, 3.8) is 0 Å². The summed E-state index contributed by atoms with van der Waals surface area (Å²) in [5.41, 5.74) is 7.86. The number of rotatable bonds is 4. The number of aldehydes is 1. The summed E-state index contributed by atoms with van der Waals surface area (Å²) < 4.78 is 2.27. The van der Waals surface area contributed by atoms with Crippen molar-refractivity contribution in [1.29, 1.82) is 0 Å². The van der Waals surface area contributed by atoms with E-state index in [0.717, 1.165) is 40.2 Å². The average molecular weight is 375 g/mol. The lowest BCUT2D eigenvalue weighted by atomic mass is 10.0. The summed E-state index contributed by atoms with van der Waals surface area (Å²) in [4.78, 5) is 11.3. The molecule has 0 bridgehead atoms. The van der Waals surface area contributed by atoms with Crippen LogP contribution in [-0.2, 0) is 6.42 Å². The van der Waals surface area contributed by atoms with E-state index in [1.54, 1.807) is 0 Å². The van der Waals surface area contributed by atoms with Gasteiger partial charge in [0, 0.05) is 22.0 Å². The molecule has 1 heterocycles. The first-order valence-electron chi connectivity index (χ1n) is 9.96. The van der Waals surface area contributed by atoms with Gasteiger partial charge in [-0.25, -0.2) is 0 Å². The molecule has 0 fully saturated rings. The number of hydrogen-bond donors (Lipinski definition) is 0. The molecule has 140 valence electrons. The number of nitrogens with zero attached hydrogens (tertiary/aromatic N) is 1. The Hall–Kier alpha value is -3.65. The van der Waals surface area contributed by atoms with Gasteiger partial charge in [-0.15, -0.1) is 0 Å². The number of benzene rings is 4. The van der Waals surface area contributed by atoms with Crippen LogP contribution in [0.4, 0.5) is 0 Å². The summed E-state index contributed by atoms with van der Waals surface area (Å²) in [6.45, 7) is 2.17. The molecule has 5 aromatic rings. The van der Waals surface area contributed by atoms with Crippen LogP contribution in [0.5, 0.6) is 0 Å². The van der Waals surface area contributed by atoms with E-state index in [4.69, 9.17) is 0 Å². The van der Waals surface area contributed by atoms with Crippen LogP contribution < -0.4 is 0 Å². The topological polar surface area (TPSA) is 22.0 Å². The molecule has 0 atom stereocenters. The second kappa shape index (κ2) is 7.06. The number of fused-ring (bicyclic) bond motifs is 3. The lowest BCUT2D eigenvalue weighted by Gasteiger charge is -2.10. The van der Waals surface area contributed by atoms with E-state index in [1.807, 2.05) is 24.3 Å². The number of hydrogen-bond acceptors (Lipinski definition) is 1. The van der Waals surface area contributed by atoms with Crippen molar-refractivity contribution in [1.82, 2.24) is 4.57 Å². The molecule has 1 aromatic heterocycles. The molecule has 0 N–H and O–H groups in total.